The standard InChI is InChI=1S/C28H33FN4O3/c1-28(2,3)36-27(35)33-15-13-32(14-16-33)20-7-5-18(6-8-20)21-11-12-23(29)25-22(21)17-24(30-25)26(34)31(4)19-9-10-19/h5-8,11-12,17,19,30H,9-10,13-16H2,1-4H3. The van der Waals surface area contributed by atoms with Gasteiger partial charge in [0.2, 0.25) is 0 Å². The van der Waals surface area contributed by atoms with E-state index in [4.69, 9.17) is 4.74 Å². The zero-order valence-corrected chi connectivity index (χ0v) is 21.3. The lowest BCUT2D eigenvalue weighted by molar-refractivity contribution is 0.0240. The number of benzene rings is 2. The molecule has 1 saturated carbocycles. The fraction of sp³-hybridized carbons (Fsp3) is 0.429. The summed E-state index contributed by atoms with van der Waals surface area (Å²) in [5.41, 5.74) is 3.14. The third-order valence-electron chi connectivity index (χ3n) is 6.86. The second-order valence-corrected chi connectivity index (χ2v) is 10.7. The first-order valence-electron chi connectivity index (χ1n) is 12.5. The van der Waals surface area contributed by atoms with E-state index in [1.807, 2.05) is 45.0 Å². The molecule has 2 amide bonds. The quantitative estimate of drug-likeness (QED) is 0.539. The van der Waals surface area contributed by atoms with Gasteiger partial charge in [0.05, 0.1) is 5.52 Å². The van der Waals surface area contributed by atoms with Gasteiger partial charge < -0.3 is 24.4 Å². The number of anilines is 1. The number of hydrogen-bond acceptors (Lipinski definition) is 4. The number of amides is 2. The summed E-state index contributed by atoms with van der Waals surface area (Å²) in [5, 5.41) is 0.696. The largest absolute Gasteiger partial charge is 0.444 e. The molecule has 1 saturated heterocycles. The first-order chi connectivity index (χ1) is 17.1. The van der Waals surface area contributed by atoms with E-state index in [0.717, 1.165) is 42.7 Å². The van der Waals surface area contributed by atoms with E-state index in [1.54, 1.807) is 29.0 Å². The molecule has 8 heteroatoms. The van der Waals surface area contributed by atoms with Gasteiger partial charge in [0, 0.05) is 50.3 Å². The molecule has 0 unspecified atom stereocenters. The van der Waals surface area contributed by atoms with Gasteiger partial charge >= 0.3 is 6.09 Å². The SMILES string of the molecule is CN(C(=O)c1cc2c(-c3ccc(N4CCN(C(=O)OC(C)(C)C)CC4)cc3)ccc(F)c2[nH]1)C1CC1. The normalized spacial score (nSPS) is 16.4. The number of hydrogen-bond donors (Lipinski definition) is 1. The van der Waals surface area contributed by atoms with Crippen LogP contribution in [0.1, 0.15) is 44.1 Å². The zero-order chi connectivity index (χ0) is 25.6. The van der Waals surface area contributed by atoms with Crippen LogP contribution in [0, 0.1) is 5.82 Å². The predicted molar refractivity (Wildman–Crippen MR) is 139 cm³/mol. The number of carbonyl (C=O) groups is 2. The summed E-state index contributed by atoms with van der Waals surface area (Å²) in [6, 6.07) is 13.4. The summed E-state index contributed by atoms with van der Waals surface area (Å²) in [7, 11) is 1.80. The summed E-state index contributed by atoms with van der Waals surface area (Å²) in [6.45, 7) is 8.26. The number of fused-ring (bicyclic) bond motifs is 1. The number of rotatable bonds is 4. The van der Waals surface area contributed by atoms with Crippen molar-refractivity contribution < 1.29 is 18.7 Å². The maximum absolute atomic E-state index is 14.6. The lowest BCUT2D eigenvalue weighted by Crippen LogP contribution is -2.50. The summed E-state index contributed by atoms with van der Waals surface area (Å²) < 4.78 is 20.1. The van der Waals surface area contributed by atoms with E-state index in [-0.39, 0.29) is 23.9 Å². The Morgan fingerprint density at radius 1 is 1.03 bits per heavy atom. The van der Waals surface area contributed by atoms with Crippen molar-refractivity contribution in [3.05, 3.63) is 54.0 Å². The summed E-state index contributed by atoms with van der Waals surface area (Å²) in [5.74, 6) is -0.485. The minimum atomic E-state index is -0.503. The number of nitrogens with zero attached hydrogens (tertiary/aromatic N) is 3. The highest BCUT2D eigenvalue weighted by Crippen LogP contribution is 2.33. The number of H-pyrrole nitrogens is 1. The molecule has 0 spiro atoms. The van der Waals surface area contributed by atoms with Crippen LogP contribution in [-0.4, -0.2) is 71.7 Å². The lowest BCUT2D eigenvalue weighted by atomic mass is 10.0. The number of halogens is 1. The number of aromatic amines is 1. The highest BCUT2D eigenvalue weighted by atomic mass is 19.1. The number of piperazine rings is 1. The number of ether oxygens (including phenoxy) is 1. The van der Waals surface area contributed by atoms with Gasteiger partial charge in [0.15, 0.2) is 0 Å². The second kappa shape index (κ2) is 9.15. The highest BCUT2D eigenvalue weighted by molar-refractivity contribution is 6.03. The van der Waals surface area contributed by atoms with Gasteiger partial charge in [0.1, 0.15) is 17.1 Å². The van der Waals surface area contributed by atoms with Gasteiger partial charge in [-0.05, 0) is 69.0 Å². The molecule has 2 fully saturated rings. The zero-order valence-electron chi connectivity index (χ0n) is 21.3. The van der Waals surface area contributed by atoms with Crippen LogP contribution in [0.3, 0.4) is 0 Å². The Morgan fingerprint density at radius 2 is 1.69 bits per heavy atom. The molecule has 0 atom stereocenters. The van der Waals surface area contributed by atoms with Crippen molar-refractivity contribution in [1.82, 2.24) is 14.8 Å². The average molecular weight is 493 g/mol. The molecular weight excluding hydrogens is 459 g/mol. The van der Waals surface area contributed by atoms with Crippen LogP contribution in [0.25, 0.3) is 22.0 Å². The highest BCUT2D eigenvalue weighted by Gasteiger charge is 2.31. The Labute approximate surface area is 210 Å². The Balaban J connectivity index is 1.32. The fourth-order valence-electron chi connectivity index (χ4n) is 4.70. The second-order valence-electron chi connectivity index (χ2n) is 10.7. The third-order valence-corrected chi connectivity index (χ3v) is 6.86. The molecule has 0 radical (unpaired) electrons. The minimum absolute atomic E-state index is 0.111. The van der Waals surface area contributed by atoms with Gasteiger partial charge in [-0.2, -0.15) is 0 Å². The average Bonchev–Trinajstić information content (AvgIpc) is 3.60. The molecule has 1 N–H and O–H groups in total. The molecule has 2 aliphatic rings. The van der Waals surface area contributed by atoms with Crippen molar-refractivity contribution in [1.29, 1.82) is 0 Å². The number of nitrogens with one attached hydrogen (secondary N) is 1. The maximum atomic E-state index is 14.6. The summed E-state index contributed by atoms with van der Waals surface area (Å²) >= 11 is 0. The molecule has 3 aromatic rings. The van der Waals surface area contributed by atoms with Crippen LogP contribution in [0.4, 0.5) is 14.9 Å². The van der Waals surface area contributed by atoms with E-state index in [1.165, 1.54) is 6.07 Å². The van der Waals surface area contributed by atoms with Crippen LogP contribution in [0.2, 0.25) is 0 Å². The van der Waals surface area contributed by atoms with Gasteiger partial charge in [-0.15, -0.1) is 0 Å². The molecule has 190 valence electrons. The molecule has 5 rings (SSSR count). The molecular formula is C28H33FN4O3. The Morgan fingerprint density at radius 3 is 2.31 bits per heavy atom. The molecule has 0 bridgehead atoms. The van der Waals surface area contributed by atoms with Crippen molar-refractivity contribution in [2.45, 2.75) is 45.3 Å². The van der Waals surface area contributed by atoms with Crippen LogP contribution >= 0.6 is 0 Å². The first-order valence-corrected chi connectivity index (χ1v) is 12.5. The summed E-state index contributed by atoms with van der Waals surface area (Å²) in [4.78, 5) is 33.9. The van der Waals surface area contributed by atoms with E-state index >= 15 is 0 Å². The van der Waals surface area contributed by atoms with Crippen molar-refractivity contribution >= 4 is 28.6 Å². The molecule has 1 aliphatic heterocycles. The van der Waals surface area contributed by atoms with Gasteiger partial charge in [-0.3, -0.25) is 4.79 Å². The van der Waals surface area contributed by atoms with E-state index in [2.05, 4.69) is 9.88 Å². The Kier molecular flexibility index (Phi) is 6.14. The first kappa shape index (κ1) is 24.2. The molecule has 2 aromatic carbocycles. The Bertz CT molecular complexity index is 1280. The van der Waals surface area contributed by atoms with Crippen molar-refractivity contribution in [3.63, 3.8) is 0 Å². The van der Waals surface area contributed by atoms with Crippen molar-refractivity contribution in [2.24, 2.45) is 0 Å². The monoisotopic (exact) mass is 492 g/mol. The van der Waals surface area contributed by atoms with Crippen LogP contribution in [0.15, 0.2) is 42.5 Å². The molecule has 1 aromatic heterocycles. The number of carbonyl (C=O) groups excluding carboxylic acids is 2. The van der Waals surface area contributed by atoms with E-state index in [9.17, 15) is 14.0 Å². The van der Waals surface area contributed by atoms with E-state index in [0.29, 0.717) is 29.7 Å². The molecule has 36 heavy (non-hydrogen) atoms. The molecule has 2 heterocycles. The van der Waals surface area contributed by atoms with Crippen molar-refractivity contribution in [3.8, 4) is 11.1 Å². The maximum Gasteiger partial charge on any atom is 0.410 e. The topological polar surface area (TPSA) is 68.9 Å². The van der Waals surface area contributed by atoms with Gasteiger partial charge in [-0.1, -0.05) is 18.2 Å². The lowest BCUT2D eigenvalue weighted by Gasteiger charge is -2.36. The van der Waals surface area contributed by atoms with Crippen LogP contribution in [-0.2, 0) is 4.74 Å². The number of aromatic nitrogens is 1. The molecule has 1 aliphatic carbocycles. The van der Waals surface area contributed by atoms with Crippen LogP contribution < -0.4 is 4.90 Å². The minimum Gasteiger partial charge on any atom is -0.444 e. The predicted octanol–water partition coefficient (Wildman–Crippen LogP) is 5.27. The van der Waals surface area contributed by atoms with Gasteiger partial charge in [-0.25, -0.2) is 9.18 Å². The van der Waals surface area contributed by atoms with E-state index < -0.39 is 5.60 Å². The van der Waals surface area contributed by atoms with Crippen molar-refractivity contribution in [2.75, 3.05) is 38.1 Å². The van der Waals surface area contributed by atoms with Gasteiger partial charge in [0.25, 0.3) is 5.91 Å². The third kappa shape index (κ3) is 4.90. The summed E-state index contributed by atoms with van der Waals surface area (Å²) in [6.07, 6.45) is 1.76. The molecule has 7 nitrogen and oxygen atoms in total. The van der Waals surface area contributed by atoms with Crippen LogP contribution in [0.5, 0.6) is 0 Å². The smallest absolute Gasteiger partial charge is 0.410 e. The fourth-order valence-corrected chi connectivity index (χ4v) is 4.70. The Hall–Kier alpha value is -3.55.